The molecule has 2 aromatic carbocycles. The summed E-state index contributed by atoms with van der Waals surface area (Å²) in [5.74, 6) is 0.982. The van der Waals surface area contributed by atoms with Crippen molar-refractivity contribution in [3.8, 4) is 11.4 Å². The molecule has 19 heavy (non-hydrogen) atoms. The van der Waals surface area contributed by atoms with E-state index in [0.717, 1.165) is 32.6 Å². The molecule has 0 aliphatic rings. The fourth-order valence-corrected chi connectivity index (χ4v) is 2.57. The lowest BCUT2D eigenvalue weighted by Gasteiger charge is -2.04. The number of fused-ring (bicyclic) bond motifs is 1. The summed E-state index contributed by atoms with van der Waals surface area (Å²) in [6.07, 6.45) is 0. The Morgan fingerprint density at radius 3 is 2.53 bits per heavy atom. The first-order chi connectivity index (χ1) is 9.19. The van der Waals surface area contributed by atoms with Crippen LogP contribution in [0.2, 0.25) is 0 Å². The molecule has 0 radical (unpaired) electrons. The van der Waals surface area contributed by atoms with Crippen molar-refractivity contribution >= 4 is 32.7 Å². The second kappa shape index (κ2) is 4.70. The van der Waals surface area contributed by atoms with Crippen LogP contribution in [0.25, 0.3) is 22.4 Å². The highest BCUT2D eigenvalue weighted by atomic mass is 79.9. The van der Waals surface area contributed by atoms with E-state index >= 15 is 0 Å². The third kappa shape index (κ3) is 2.12. The van der Waals surface area contributed by atoms with Crippen LogP contribution in [0.15, 0.2) is 46.9 Å². The number of anilines is 1. The average Bonchev–Trinajstić information content (AvgIpc) is 2.75. The molecule has 0 spiro atoms. The Morgan fingerprint density at radius 2 is 1.84 bits per heavy atom. The van der Waals surface area contributed by atoms with Crippen LogP contribution in [-0.4, -0.2) is 16.6 Å². The van der Waals surface area contributed by atoms with Gasteiger partial charge in [-0.1, -0.05) is 15.9 Å². The normalized spacial score (nSPS) is 10.9. The standard InChI is InChI=1S/C15H14BrN3/c1-17-12-6-3-10(4-7-12)15-18-13-9-11(16)5-8-14(13)19(15)2/h3-9,17H,1-2H3. The summed E-state index contributed by atoms with van der Waals surface area (Å²) >= 11 is 3.48. The number of nitrogens with zero attached hydrogens (tertiary/aromatic N) is 2. The van der Waals surface area contributed by atoms with Crippen LogP contribution in [0, 0.1) is 0 Å². The van der Waals surface area contributed by atoms with Gasteiger partial charge in [0.1, 0.15) is 5.82 Å². The monoisotopic (exact) mass is 315 g/mol. The molecule has 0 saturated heterocycles. The number of nitrogens with one attached hydrogen (secondary N) is 1. The van der Waals surface area contributed by atoms with E-state index in [9.17, 15) is 0 Å². The first-order valence-corrected chi connectivity index (χ1v) is 6.88. The molecule has 1 N–H and O–H groups in total. The minimum Gasteiger partial charge on any atom is -0.388 e. The van der Waals surface area contributed by atoms with E-state index in [4.69, 9.17) is 4.98 Å². The Bertz CT molecular complexity index is 729. The number of imidazole rings is 1. The molecule has 3 rings (SSSR count). The maximum Gasteiger partial charge on any atom is 0.140 e. The van der Waals surface area contributed by atoms with Crippen LogP contribution >= 0.6 is 15.9 Å². The van der Waals surface area contributed by atoms with E-state index < -0.39 is 0 Å². The molecule has 96 valence electrons. The van der Waals surface area contributed by atoms with Crippen molar-refractivity contribution in [1.29, 1.82) is 0 Å². The lowest BCUT2D eigenvalue weighted by Crippen LogP contribution is -1.93. The fraction of sp³-hybridized carbons (Fsp3) is 0.133. The molecule has 1 aromatic heterocycles. The number of rotatable bonds is 2. The first-order valence-electron chi connectivity index (χ1n) is 6.09. The van der Waals surface area contributed by atoms with Crippen molar-refractivity contribution < 1.29 is 0 Å². The molecule has 1 heterocycles. The summed E-state index contributed by atoms with van der Waals surface area (Å²) in [5.41, 5.74) is 4.36. The summed E-state index contributed by atoms with van der Waals surface area (Å²) in [5, 5.41) is 3.12. The Hall–Kier alpha value is -1.81. The number of hydrogen-bond donors (Lipinski definition) is 1. The molecule has 0 bridgehead atoms. The van der Waals surface area contributed by atoms with Gasteiger partial charge in [-0.25, -0.2) is 4.98 Å². The van der Waals surface area contributed by atoms with Gasteiger partial charge in [0.25, 0.3) is 0 Å². The Balaban J connectivity index is 2.15. The summed E-state index contributed by atoms with van der Waals surface area (Å²) < 4.78 is 3.17. The number of hydrogen-bond acceptors (Lipinski definition) is 2. The SMILES string of the molecule is CNc1ccc(-c2nc3cc(Br)ccc3n2C)cc1. The number of benzene rings is 2. The molecular formula is C15H14BrN3. The van der Waals surface area contributed by atoms with Crippen molar-refractivity contribution in [2.24, 2.45) is 7.05 Å². The average molecular weight is 316 g/mol. The topological polar surface area (TPSA) is 29.9 Å². The van der Waals surface area contributed by atoms with Gasteiger partial charge < -0.3 is 9.88 Å². The van der Waals surface area contributed by atoms with Crippen molar-refractivity contribution in [2.75, 3.05) is 12.4 Å². The minimum absolute atomic E-state index is 0.982. The van der Waals surface area contributed by atoms with Gasteiger partial charge in [0.15, 0.2) is 0 Å². The maximum absolute atomic E-state index is 4.71. The molecule has 0 aliphatic heterocycles. The van der Waals surface area contributed by atoms with Gasteiger partial charge in [0, 0.05) is 29.8 Å². The van der Waals surface area contributed by atoms with Gasteiger partial charge in [-0.2, -0.15) is 0 Å². The molecule has 0 unspecified atom stereocenters. The van der Waals surface area contributed by atoms with Crippen molar-refractivity contribution in [1.82, 2.24) is 9.55 Å². The Morgan fingerprint density at radius 1 is 1.11 bits per heavy atom. The predicted molar refractivity (Wildman–Crippen MR) is 83.4 cm³/mol. The van der Waals surface area contributed by atoms with Crippen molar-refractivity contribution in [3.63, 3.8) is 0 Å². The van der Waals surface area contributed by atoms with E-state index in [2.05, 4.69) is 56.1 Å². The maximum atomic E-state index is 4.71. The van der Waals surface area contributed by atoms with E-state index in [1.165, 1.54) is 0 Å². The smallest absolute Gasteiger partial charge is 0.140 e. The number of aromatic nitrogens is 2. The molecule has 0 saturated carbocycles. The quantitative estimate of drug-likeness (QED) is 0.773. The van der Waals surface area contributed by atoms with Crippen LogP contribution in [-0.2, 0) is 7.05 Å². The van der Waals surface area contributed by atoms with Crippen LogP contribution in [0.5, 0.6) is 0 Å². The second-order valence-electron chi connectivity index (χ2n) is 4.45. The fourth-order valence-electron chi connectivity index (χ4n) is 2.22. The highest BCUT2D eigenvalue weighted by Crippen LogP contribution is 2.26. The zero-order valence-corrected chi connectivity index (χ0v) is 12.4. The molecule has 0 atom stereocenters. The summed E-state index contributed by atoms with van der Waals surface area (Å²) in [4.78, 5) is 4.71. The van der Waals surface area contributed by atoms with E-state index in [0.29, 0.717) is 0 Å². The molecule has 0 aliphatic carbocycles. The summed E-state index contributed by atoms with van der Waals surface area (Å²) in [7, 11) is 3.96. The second-order valence-corrected chi connectivity index (χ2v) is 5.37. The van der Waals surface area contributed by atoms with Crippen LogP contribution in [0.1, 0.15) is 0 Å². The van der Waals surface area contributed by atoms with Crippen LogP contribution < -0.4 is 5.32 Å². The summed E-state index contributed by atoms with van der Waals surface area (Å²) in [6, 6.07) is 14.5. The molecule has 3 nitrogen and oxygen atoms in total. The molecule has 4 heteroatoms. The number of aryl methyl sites for hydroxylation is 1. The van der Waals surface area contributed by atoms with E-state index in [1.807, 2.05) is 26.2 Å². The van der Waals surface area contributed by atoms with Crippen molar-refractivity contribution in [3.05, 3.63) is 46.9 Å². The summed E-state index contributed by atoms with van der Waals surface area (Å²) in [6.45, 7) is 0. The molecule has 3 aromatic rings. The highest BCUT2D eigenvalue weighted by molar-refractivity contribution is 9.10. The van der Waals surface area contributed by atoms with Crippen LogP contribution in [0.3, 0.4) is 0 Å². The zero-order chi connectivity index (χ0) is 13.4. The molecule has 0 fully saturated rings. The largest absolute Gasteiger partial charge is 0.388 e. The van der Waals surface area contributed by atoms with Gasteiger partial charge in [-0.05, 0) is 42.5 Å². The van der Waals surface area contributed by atoms with Gasteiger partial charge in [0.05, 0.1) is 11.0 Å². The van der Waals surface area contributed by atoms with Crippen molar-refractivity contribution in [2.45, 2.75) is 0 Å². The van der Waals surface area contributed by atoms with Gasteiger partial charge >= 0.3 is 0 Å². The molecule has 0 amide bonds. The Kier molecular flexibility index (Phi) is 3.03. The van der Waals surface area contributed by atoms with Gasteiger partial charge in [-0.3, -0.25) is 0 Å². The van der Waals surface area contributed by atoms with Crippen LogP contribution in [0.4, 0.5) is 5.69 Å². The van der Waals surface area contributed by atoms with E-state index in [1.54, 1.807) is 0 Å². The lowest BCUT2D eigenvalue weighted by atomic mass is 10.2. The predicted octanol–water partition coefficient (Wildman–Crippen LogP) is 4.04. The lowest BCUT2D eigenvalue weighted by molar-refractivity contribution is 0.959. The van der Waals surface area contributed by atoms with Gasteiger partial charge in [0.2, 0.25) is 0 Å². The third-order valence-corrected chi connectivity index (χ3v) is 3.77. The minimum atomic E-state index is 0.982. The first kappa shape index (κ1) is 12.2. The highest BCUT2D eigenvalue weighted by Gasteiger charge is 2.09. The molecular weight excluding hydrogens is 302 g/mol. The Labute approximate surface area is 120 Å². The van der Waals surface area contributed by atoms with Gasteiger partial charge in [-0.15, -0.1) is 0 Å². The van der Waals surface area contributed by atoms with E-state index in [-0.39, 0.29) is 0 Å². The number of halogens is 1. The third-order valence-electron chi connectivity index (χ3n) is 3.27. The zero-order valence-electron chi connectivity index (χ0n) is 10.8.